The van der Waals surface area contributed by atoms with Crippen molar-refractivity contribution < 1.29 is 14.9 Å². The van der Waals surface area contributed by atoms with E-state index in [4.69, 9.17) is 10.5 Å². The number of hydrogen-bond acceptors (Lipinski definition) is 7. The molecule has 1 fully saturated rings. The maximum atomic E-state index is 9.98. The molecule has 8 heteroatoms. The number of nitrogen functional groups attached to an aromatic ring is 1. The summed E-state index contributed by atoms with van der Waals surface area (Å²) >= 11 is 0. The molecule has 3 rings (SSSR count). The summed E-state index contributed by atoms with van der Waals surface area (Å²) in [4.78, 5) is 8.03. The highest BCUT2D eigenvalue weighted by Crippen LogP contribution is 2.38. The van der Waals surface area contributed by atoms with Crippen LogP contribution in [0.3, 0.4) is 0 Å². The number of ether oxygens (including phenoxy) is 1. The van der Waals surface area contributed by atoms with Crippen molar-refractivity contribution in [3.05, 3.63) is 18.2 Å². The normalized spacial score (nSPS) is 31.1. The molecular formula is C11H15N5O3. The predicted molar refractivity (Wildman–Crippen MR) is 65.1 cm³/mol. The average molecular weight is 265 g/mol. The summed E-state index contributed by atoms with van der Waals surface area (Å²) in [7, 11) is 0. The van der Waals surface area contributed by atoms with Crippen LogP contribution >= 0.6 is 0 Å². The molecule has 1 aliphatic rings. The lowest BCUT2D eigenvalue weighted by Gasteiger charge is -2.14. The van der Waals surface area contributed by atoms with Crippen LogP contribution in [-0.2, 0) is 4.74 Å². The van der Waals surface area contributed by atoms with Gasteiger partial charge < -0.3 is 20.7 Å². The Kier molecular flexibility index (Phi) is 2.85. The molecule has 3 heterocycles. The molecule has 4 N–H and O–H groups in total. The Labute approximate surface area is 108 Å². The zero-order valence-electron chi connectivity index (χ0n) is 10.3. The van der Waals surface area contributed by atoms with Crippen molar-refractivity contribution in [2.45, 2.75) is 25.2 Å². The van der Waals surface area contributed by atoms with Gasteiger partial charge in [0.15, 0.2) is 11.5 Å². The van der Waals surface area contributed by atoms with Gasteiger partial charge in [-0.1, -0.05) is 6.92 Å². The van der Waals surface area contributed by atoms with Crippen LogP contribution in [0.2, 0.25) is 0 Å². The molecule has 2 aromatic heterocycles. The molecule has 0 amide bonds. The molecule has 102 valence electrons. The number of imidazole rings is 1. The molecule has 0 saturated carbocycles. The van der Waals surface area contributed by atoms with Gasteiger partial charge in [0.1, 0.15) is 18.5 Å². The third kappa shape index (κ3) is 1.76. The van der Waals surface area contributed by atoms with Crippen LogP contribution in [-0.4, -0.2) is 48.6 Å². The van der Waals surface area contributed by atoms with E-state index in [2.05, 4.69) is 15.1 Å². The molecule has 0 radical (unpaired) electrons. The van der Waals surface area contributed by atoms with E-state index in [9.17, 15) is 10.2 Å². The van der Waals surface area contributed by atoms with Gasteiger partial charge in [-0.15, -0.1) is 0 Å². The number of aliphatic hydroxyl groups excluding tert-OH is 2. The van der Waals surface area contributed by atoms with E-state index in [0.29, 0.717) is 11.3 Å². The Balaban J connectivity index is 2.04. The minimum atomic E-state index is -0.722. The fourth-order valence-corrected chi connectivity index (χ4v) is 2.45. The van der Waals surface area contributed by atoms with Gasteiger partial charge in [0.2, 0.25) is 0 Å². The Morgan fingerprint density at radius 2 is 2.26 bits per heavy atom. The van der Waals surface area contributed by atoms with Gasteiger partial charge in [0.05, 0.1) is 24.6 Å². The maximum absolute atomic E-state index is 9.98. The topological polar surface area (TPSA) is 119 Å². The molecule has 1 aliphatic heterocycles. The largest absolute Gasteiger partial charge is 0.394 e. The standard InChI is InChI=1S/C11H15N5O3/c1-5-8(18)7(3-17)19-9(5)6-2-13-11-10(12)14-4-15-16(6)11/h2,4-5,7-9,17-18H,3H2,1H3,(H2,12,14,15). The fourth-order valence-electron chi connectivity index (χ4n) is 2.45. The first-order valence-corrected chi connectivity index (χ1v) is 6.02. The van der Waals surface area contributed by atoms with E-state index in [1.54, 1.807) is 10.7 Å². The number of hydrogen-bond donors (Lipinski definition) is 3. The number of nitrogens with zero attached hydrogens (tertiary/aromatic N) is 4. The number of rotatable bonds is 2. The number of nitrogens with two attached hydrogens (primary N) is 1. The van der Waals surface area contributed by atoms with Crippen LogP contribution in [0.25, 0.3) is 5.65 Å². The van der Waals surface area contributed by atoms with Gasteiger partial charge in [-0.2, -0.15) is 5.10 Å². The SMILES string of the molecule is CC1C(c2cnc3c(N)ncnn23)OC(CO)C1O. The molecular weight excluding hydrogens is 250 g/mol. The van der Waals surface area contributed by atoms with Crippen molar-refractivity contribution in [1.82, 2.24) is 19.6 Å². The van der Waals surface area contributed by atoms with Gasteiger partial charge in [-0.3, -0.25) is 0 Å². The van der Waals surface area contributed by atoms with Crippen LogP contribution in [0, 0.1) is 5.92 Å². The Hall–Kier alpha value is -1.77. The highest BCUT2D eigenvalue weighted by atomic mass is 16.5. The number of anilines is 1. The van der Waals surface area contributed by atoms with Gasteiger partial charge in [0.25, 0.3) is 0 Å². The molecule has 4 unspecified atom stereocenters. The third-order valence-corrected chi connectivity index (χ3v) is 3.55. The summed E-state index contributed by atoms with van der Waals surface area (Å²) in [6, 6.07) is 0. The molecule has 0 spiro atoms. The Bertz CT molecular complexity index is 601. The van der Waals surface area contributed by atoms with Crippen LogP contribution in [0.5, 0.6) is 0 Å². The molecule has 4 atom stereocenters. The summed E-state index contributed by atoms with van der Waals surface area (Å²) in [5.74, 6) is 0.111. The van der Waals surface area contributed by atoms with Crippen LogP contribution in [0.4, 0.5) is 5.82 Å². The highest BCUT2D eigenvalue weighted by molar-refractivity contribution is 5.58. The first-order valence-electron chi connectivity index (χ1n) is 6.02. The molecule has 19 heavy (non-hydrogen) atoms. The number of aromatic nitrogens is 4. The second-order valence-corrected chi connectivity index (χ2v) is 4.69. The van der Waals surface area contributed by atoms with Gasteiger partial charge in [-0.05, 0) is 0 Å². The van der Waals surface area contributed by atoms with Crippen LogP contribution in [0.1, 0.15) is 18.7 Å². The monoisotopic (exact) mass is 265 g/mol. The van der Waals surface area contributed by atoms with E-state index in [0.717, 1.165) is 0 Å². The predicted octanol–water partition coefficient (Wildman–Crippen LogP) is -0.864. The van der Waals surface area contributed by atoms with E-state index < -0.39 is 18.3 Å². The molecule has 0 aliphatic carbocycles. The van der Waals surface area contributed by atoms with Crippen molar-refractivity contribution in [3.63, 3.8) is 0 Å². The van der Waals surface area contributed by atoms with Crippen LogP contribution < -0.4 is 5.73 Å². The lowest BCUT2D eigenvalue weighted by atomic mass is 9.97. The summed E-state index contributed by atoms with van der Waals surface area (Å²) in [6.07, 6.45) is 1.24. The lowest BCUT2D eigenvalue weighted by Crippen LogP contribution is -2.27. The minimum absolute atomic E-state index is 0.173. The van der Waals surface area contributed by atoms with Crippen LogP contribution in [0.15, 0.2) is 12.5 Å². The third-order valence-electron chi connectivity index (χ3n) is 3.55. The summed E-state index contributed by atoms with van der Waals surface area (Å²) in [5.41, 5.74) is 6.86. The quantitative estimate of drug-likeness (QED) is 0.646. The van der Waals surface area contributed by atoms with Crippen molar-refractivity contribution in [1.29, 1.82) is 0 Å². The van der Waals surface area contributed by atoms with Crippen molar-refractivity contribution >= 4 is 11.5 Å². The first-order chi connectivity index (χ1) is 9.13. The van der Waals surface area contributed by atoms with Gasteiger partial charge >= 0.3 is 0 Å². The van der Waals surface area contributed by atoms with E-state index in [1.807, 2.05) is 6.92 Å². The number of fused-ring (bicyclic) bond motifs is 1. The molecule has 0 bridgehead atoms. The highest BCUT2D eigenvalue weighted by Gasteiger charge is 2.42. The van der Waals surface area contributed by atoms with E-state index in [-0.39, 0.29) is 18.3 Å². The number of aliphatic hydroxyl groups is 2. The van der Waals surface area contributed by atoms with Gasteiger partial charge in [-0.25, -0.2) is 14.5 Å². The fraction of sp³-hybridized carbons (Fsp3) is 0.545. The Morgan fingerprint density at radius 3 is 2.95 bits per heavy atom. The smallest absolute Gasteiger partial charge is 0.196 e. The maximum Gasteiger partial charge on any atom is 0.196 e. The van der Waals surface area contributed by atoms with Crippen molar-refractivity contribution in [2.75, 3.05) is 12.3 Å². The second kappa shape index (κ2) is 4.41. The first kappa shape index (κ1) is 12.3. The molecule has 1 saturated heterocycles. The van der Waals surface area contributed by atoms with Crippen molar-refractivity contribution in [3.8, 4) is 0 Å². The molecule has 0 aromatic carbocycles. The molecule has 8 nitrogen and oxygen atoms in total. The zero-order valence-corrected chi connectivity index (χ0v) is 10.3. The minimum Gasteiger partial charge on any atom is -0.394 e. The zero-order chi connectivity index (χ0) is 13.6. The second-order valence-electron chi connectivity index (χ2n) is 4.69. The summed E-state index contributed by atoms with van der Waals surface area (Å²) < 4.78 is 7.22. The van der Waals surface area contributed by atoms with Crippen molar-refractivity contribution in [2.24, 2.45) is 5.92 Å². The molecule has 2 aromatic rings. The summed E-state index contributed by atoms with van der Waals surface area (Å²) in [5, 5.41) is 23.3. The average Bonchev–Trinajstić information content (AvgIpc) is 2.94. The van der Waals surface area contributed by atoms with Gasteiger partial charge in [0, 0.05) is 5.92 Å². The van der Waals surface area contributed by atoms with E-state index in [1.165, 1.54) is 6.33 Å². The Morgan fingerprint density at radius 1 is 1.47 bits per heavy atom. The summed E-state index contributed by atoms with van der Waals surface area (Å²) in [6.45, 7) is 1.63. The lowest BCUT2D eigenvalue weighted by molar-refractivity contribution is -0.0240. The van der Waals surface area contributed by atoms with E-state index >= 15 is 0 Å².